The van der Waals surface area contributed by atoms with Crippen LogP contribution in [0.4, 0.5) is 0 Å². The molecule has 3 rings (SSSR count). The zero-order valence-corrected chi connectivity index (χ0v) is 14.2. The minimum atomic E-state index is -0.204. The van der Waals surface area contributed by atoms with Crippen LogP contribution in [-0.4, -0.2) is 34.5 Å². The molecule has 0 unspecified atom stereocenters. The molecule has 0 saturated heterocycles. The highest BCUT2D eigenvalue weighted by Gasteiger charge is 2.17. The molecule has 1 aromatic carbocycles. The predicted molar refractivity (Wildman–Crippen MR) is 91.8 cm³/mol. The largest absolute Gasteiger partial charge is 0.353 e. The average Bonchev–Trinajstić information content (AvgIpc) is 3.26. The molecule has 0 atom stereocenters. The van der Waals surface area contributed by atoms with Crippen LogP contribution in [0.3, 0.4) is 0 Å². The Bertz CT molecular complexity index is 733. The summed E-state index contributed by atoms with van der Waals surface area (Å²) < 4.78 is 4.94. The average molecular weight is 342 g/mol. The molecule has 7 heteroatoms. The van der Waals surface area contributed by atoms with E-state index in [1.807, 2.05) is 0 Å². The third-order valence-electron chi connectivity index (χ3n) is 4.29. The molecule has 25 heavy (non-hydrogen) atoms. The molecule has 132 valence electrons. The number of hydrogen-bond acceptors (Lipinski definition) is 5. The number of rotatable bonds is 6. The van der Waals surface area contributed by atoms with Crippen LogP contribution in [0.2, 0.25) is 0 Å². The summed E-state index contributed by atoms with van der Waals surface area (Å²) in [6, 6.07) is 7.26. The van der Waals surface area contributed by atoms with Crippen molar-refractivity contribution in [3.05, 3.63) is 35.7 Å². The molecule has 1 saturated carbocycles. The fourth-order valence-corrected chi connectivity index (χ4v) is 2.95. The Hall–Kier alpha value is -2.70. The molecular weight excluding hydrogens is 320 g/mol. The summed E-state index contributed by atoms with van der Waals surface area (Å²) in [6.07, 6.45) is 4.78. The molecule has 1 fully saturated rings. The maximum absolute atomic E-state index is 12.1. The third kappa shape index (κ3) is 4.65. The van der Waals surface area contributed by atoms with Gasteiger partial charge in [0.25, 0.3) is 5.91 Å². The lowest BCUT2D eigenvalue weighted by atomic mass is 10.1. The van der Waals surface area contributed by atoms with Gasteiger partial charge in [0.15, 0.2) is 0 Å². The highest BCUT2D eigenvalue weighted by Crippen LogP contribution is 2.18. The molecule has 1 aliphatic rings. The number of aryl methyl sites for hydroxylation is 1. The standard InChI is InChI=1S/C18H22N4O3/c1-12-20-17(22-25-12)13-6-8-14(9-7-13)18(24)19-11-10-16(23)21-15-4-2-3-5-15/h6-9,15H,2-5,10-11H2,1H3,(H,19,24)(H,21,23). The molecule has 2 aromatic rings. The summed E-state index contributed by atoms with van der Waals surface area (Å²) in [5, 5.41) is 9.62. The van der Waals surface area contributed by atoms with Crippen LogP contribution in [0.15, 0.2) is 28.8 Å². The van der Waals surface area contributed by atoms with Crippen molar-refractivity contribution in [3.63, 3.8) is 0 Å². The summed E-state index contributed by atoms with van der Waals surface area (Å²) in [7, 11) is 0. The van der Waals surface area contributed by atoms with Gasteiger partial charge < -0.3 is 15.2 Å². The highest BCUT2D eigenvalue weighted by atomic mass is 16.5. The fourth-order valence-electron chi connectivity index (χ4n) is 2.95. The van der Waals surface area contributed by atoms with E-state index >= 15 is 0 Å². The minimum absolute atomic E-state index is 0.00461. The van der Waals surface area contributed by atoms with E-state index in [2.05, 4.69) is 20.8 Å². The van der Waals surface area contributed by atoms with E-state index in [1.54, 1.807) is 31.2 Å². The third-order valence-corrected chi connectivity index (χ3v) is 4.29. The Morgan fingerprint density at radius 3 is 2.56 bits per heavy atom. The number of carbonyl (C=O) groups excluding carboxylic acids is 2. The summed E-state index contributed by atoms with van der Waals surface area (Å²) in [5.74, 6) is 0.778. The molecule has 1 heterocycles. The smallest absolute Gasteiger partial charge is 0.251 e. The van der Waals surface area contributed by atoms with Gasteiger partial charge in [-0.3, -0.25) is 9.59 Å². The van der Waals surface area contributed by atoms with Gasteiger partial charge in [-0.2, -0.15) is 4.98 Å². The normalized spacial score (nSPS) is 14.4. The first-order valence-electron chi connectivity index (χ1n) is 8.60. The molecule has 7 nitrogen and oxygen atoms in total. The lowest BCUT2D eigenvalue weighted by Gasteiger charge is -2.12. The van der Waals surface area contributed by atoms with Gasteiger partial charge >= 0.3 is 0 Å². The van der Waals surface area contributed by atoms with Crippen LogP contribution < -0.4 is 10.6 Å². The van der Waals surface area contributed by atoms with Crippen LogP contribution >= 0.6 is 0 Å². The second-order valence-corrected chi connectivity index (χ2v) is 6.27. The number of nitrogens with one attached hydrogen (secondary N) is 2. The van der Waals surface area contributed by atoms with Crippen LogP contribution in [0, 0.1) is 6.92 Å². The van der Waals surface area contributed by atoms with Crippen molar-refractivity contribution < 1.29 is 14.1 Å². The SMILES string of the molecule is Cc1nc(-c2ccc(C(=O)NCCC(=O)NC3CCCC3)cc2)no1. The minimum Gasteiger partial charge on any atom is -0.353 e. The molecular formula is C18H22N4O3. The van der Waals surface area contributed by atoms with Crippen molar-refractivity contribution in [2.45, 2.75) is 45.1 Å². The summed E-state index contributed by atoms with van der Waals surface area (Å²) in [5.41, 5.74) is 1.31. The van der Waals surface area contributed by atoms with Crippen molar-refractivity contribution in [2.75, 3.05) is 6.54 Å². The Labute approximate surface area is 146 Å². The van der Waals surface area contributed by atoms with E-state index in [4.69, 9.17) is 4.52 Å². The molecule has 0 radical (unpaired) electrons. The first-order chi connectivity index (χ1) is 12.1. The van der Waals surface area contributed by atoms with E-state index in [0.29, 0.717) is 36.3 Å². The van der Waals surface area contributed by atoms with E-state index < -0.39 is 0 Å². The lowest BCUT2D eigenvalue weighted by Crippen LogP contribution is -2.35. The molecule has 1 aliphatic carbocycles. The molecule has 2 N–H and O–H groups in total. The van der Waals surface area contributed by atoms with Crippen LogP contribution in [0.1, 0.15) is 48.4 Å². The Morgan fingerprint density at radius 1 is 1.20 bits per heavy atom. The van der Waals surface area contributed by atoms with Crippen LogP contribution in [0.25, 0.3) is 11.4 Å². The number of benzene rings is 1. The Kier molecular flexibility index (Phi) is 5.42. The van der Waals surface area contributed by atoms with Gasteiger partial charge in [0, 0.05) is 37.1 Å². The summed E-state index contributed by atoms with van der Waals surface area (Å²) in [6.45, 7) is 2.05. The van der Waals surface area contributed by atoms with Gasteiger partial charge in [0.05, 0.1) is 0 Å². The number of amides is 2. The molecule has 0 aliphatic heterocycles. The van der Waals surface area contributed by atoms with E-state index in [-0.39, 0.29) is 11.8 Å². The quantitative estimate of drug-likeness (QED) is 0.839. The van der Waals surface area contributed by atoms with Gasteiger partial charge in [-0.05, 0) is 25.0 Å². The van der Waals surface area contributed by atoms with Crippen molar-refractivity contribution >= 4 is 11.8 Å². The highest BCUT2D eigenvalue weighted by molar-refractivity contribution is 5.94. The predicted octanol–water partition coefficient (Wildman–Crippen LogP) is 2.22. The van der Waals surface area contributed by atoms with Gasteiger partial charge in [0.2, 0.25) is 17.6 Å². The Balaban J connectivity index is 1.45. The number of aromatic nitrogens is 2. The summed E-state index contributed by atoms with van der Waals surface area (Å²) >= 11 is 0. The van der Waals surface area contributed by atoms with Crippen LogP contribution in [0.5, 0.6) is 0 Å². The van der Waals surface area contributed by atoms with Gasteiger partial charge in [-0.15, -0.1) is 0 Å². The molecule has 1 aromatic heterocycles. The zero-order chi connectivity index (χ0) is 17.6. The van der Waals surface area contributed by atoms with Crippen molar-refractivity contribution in [1.82, 2.24) is 20.8 Å². The monoisotopic (exact) mass is 342 g/mol. The number of hydrogen-bond donors (Lipinski definition) is 2. The van der Waals surface area contributed by atoms with Gasteiger partial charge in [-0.25, -0.2) is 0 Å². The lowest BCUT2D eigenvalue weighted by molar-refractivity contribution is -0.121. The number of nitrogens with zero attached hydrogens (tertiary/aromatic N) is 2. The van der Waals surface area contributed by atoms with E-state index in [9.17, 15) is 9.59 Å². The molecule has 0 spiro atoms. The maximum atomic E-state index is 12.1. The molecule has 0 bridgehead atoms. The second kappa shape index (κ2) is 7.92. The first-order valence-corrected chi connectivity index (χ1v) is 8.60. The first kappa shape index (κ1) is 17.1. The summed E-state index contributed by atoms with van der Waals surface area (Å²) in [4.78, 5) is 28.1. The van der Waals surface area contributed by atoms with Gasteiger partial charge in [0.1, 0.15) is 0 Å². The van der Waals surface area contributed by atoms with E-state index in [1.165, 1.54) is 12.8 Å². The maximum Gasteiger partial charge on any atom is 0.251 e. The Morgan fingerprint density at radius 2 is 1.92 bits per heavy atom. The zero-order valence-electron chi connectivity index (χ0n) is 14.2. The van der Waals surface area contributed by atoms with Crippen molar-refractivity contribution in [1.29, 1.82) is 0 Å². The second-order valence-electron chi connectivity index (χ2n) is 6.27. The van der Waals surface area contributed by atoms with Crippen molar-refractivity contribution in [3.8, 4) is 11.4 Å². The van der Waals surface area contributed by atoms with Gasteiger partial charge in [-0.1, -0.05) is 30.1 Å². The van der Waals surface area contributed by atoms with E-state index in [0.717, 1.165) is 18.4 Å². The fraction of sp³-hybridized carbons (Fsp3) is 0.444. The topological polar surface area (TPSA) is 97.1 Å². The number of carbonyl (C=O) groups is 2. The van der Waals surface area contributed by atoms with Crippen molar-refractivity contribution in [2.24, 2.45) is 0 Å². The molecule has 2 amide bonds. The van der Waals surface area contributed by atoms with Crippen LogP contribution in [-0.2, 0) is 4.79 Å².